The monoisotopic (exact) mass is 1710 g/mol. The van der Waals surface area contributed by atoms with Gasteiger partial charge in [-0.05, 0) is 116 Å². The number of fused-ring (bicyclic) bond motifs is 8. The number of aryl methyl sites for hydroxylation is 2. The number of rotatable bonds is 17. The van der Waals surface area contributed by atoms with Crippen molar-refractivity contribution >= 4 is 106 Å². The molecule has 20 heterocycles. The van der Waals surface area contributed by atoms with E-state index in [-0.39, 0.29) is 11.7 Å². The number of pyridine rings is 11. The molecule has 0 fully saturated rings. The summed E-state index contributed by atoms with van der Waals surface area (Å²) in [5, 5.41) is 21.5. The van der Waals surface area contributed by atoms with Crippen LogP contribution in [0.3, 0.4) is 0 Å². The first-order valence-corrected chi connectivity index (χ1v) is 42.3. The number of amides is 1. The zero-order valence-electron chi connectivity index (χ0n) is 70.7. The van der Waals surface area contributed by atoms with E-state index in [1.807, 2.05) is 245 Å². The predicted octanol–water partition coefficient (Wildman–Crippen LogP) is 20.3. The van der Waals surface area contributed by atoms with E-state index in [9.17, 15) is 9.59 Å². The molecular formula is C101H76N28O2. The second kappa shape index (κ2) is 34.7. The number of anilines is 1. The molecule has 20 aromatic heterocycles. The van der Waals surface area contributed by atoms with Crippen LogP contribution >= 0.6 is 0 Å². The lowest BCUT2D eigenvalue weighted by atomic mass is 10.0. The zero-order valence-corrected chi connectivity index (χ0v) is 70.7. The van der Waals surface area contributed by atoms with E-state index in [4.69, 9.17) is 19.9 Å². The van der Waals surface area contributed by atoms with Crippen molar-refractivity contribution in [2.24, 2.45) is 0 Å². The van der Waals surface area contributed by atoms with Gasteiger partial charge in [0.05, 0.1) is 79.0 Å². The Bertz CT molecular complexity index is 8350. The van der Waals surface area contributed by atoms with Gasteiger partial charge in [0.25, 0.3) is 0 Å². The second-order valence-electron chi connectivity index (χ2n) is 31.2. The summed E-state index contributed by atoms with van der Waals surface area (Å²) in [6.07, 6.45) is 39.5. The van der Waals surface area contributed by atoms with Crippen LogP contribution in [-0.4, -0.2) is 146 Å². The number of para-hydroxylation sites is 4. The van der Waals surface area contributed by atoms with Crippen LogP contribution in [0.1, 0.15) is 43.6 Å². The molecule has 0 aliphatic carbocycles. The lowest BCUT2D eigenvalue weighted by Crippen LogP contribution is -2.09. The van der Waals surface area contributed by atoms with E-state index >= 15 is 0 Å². The number of benzene rings is 4. The van der Waals surface area contributed by atoms with E-state index in [2.05, 4.69) is 141 Å². The van der Waals surface area contributed by atoms with Crippen LogP contribution in [-0.2, 0) is 16.0 Å². The Balaban J connectivity index is 0.000000106. The molecule has 0 saturated carbocycles. The Morgan fingerprint density at radius 3 is 1.34 bits per heavy atom. The van der Waals surface area contributed by atoms with Gasteiger partial charge in [-0.1, -0.05) is 86.6 Å². The van der Waals surface area contributed by atoms with Crippen molar-refractivity contribution in [3.8, 4) is 129 Å². The molecular weight excluding hydrogens is 1640 g/mol. The maximum Gasteiger partial charge on any atom is 0.224 e. The Hall–Kier alpha value is -18.2. The van der Waals surface area contributed by atoms with Crippen molar-refractivity contribution in [1.29, 1.82) is 0 Å². The first-order valence-electron chi connectivity index (χ1n) is 42.3. The highest BCUT2D eigenvalue weighted by molar-refractivity contribution is 6.03. The van der Waals surface area contributed by atoms with Crippen molar-refractivity contribution in [2.75, 3.05) is 5.32 Å². The number of hydrogen-bond donors (Lipinski definition) is 9. The van der Waals surface area contributed by atoms with Gasteiger partial charge in [-0.25, -0.2) is 44.9 Å². The van der Waals surface area contributed by atoms with Crippen LogP contribution in [0.5, 0.6) is 0 Å². The first kappa shape index (κ1) is 79.9. The van der Waals surface area contributed by atoms with Crippen LogP contribution < -0.4 is 5.32 Å². The summed E-state index contributed by atoms with van der Waals surface area (Å²) in [5.74, 6) is 3.06. The van der Waals surface area contributed by atoms with Gasteiger partial charge in [0.1, 0.15) is 45.6 Å². The number of ketones is 1. The summed E-state index contributed by atoms with van der Waals surface area (Å²) >= 11 is 0. The summed E-state index contributed by atoms with van der Waals surface area (Å²) < 4.78 is 2.00. The molecule has 0 aliphatic heterocycles. The number of hydrogen-bond acceptors (Lipinski definition) is 20. The molecule has 632 valence electrons. The van der Waals surface area contributed by atoms with Crippen LogP contribution in [0.2, 0.25) is 0 Å². The summed E-state index contributed by atoms with van der Waals surface area (Å²) in [6.45, 7) is 7.73. The predicted molar refractivity (Wildman–Crippen MR) is 507 cm³/mol. The first-order chi connectivity index (χ1) is 64.4. The summed E-state index contributed by atoms with van der Waals surface area (Å²) in [4.78, 5) is 116. The molecule has 0 spiro atoms. The van der Waals surface area contributed by atoms with Gasteiger partial charge in [-0.2, -0.15) is 10.2 Å². The summed E-state index contributed by atoms with van der Waals surface area (Å²) in [6, 6.07) is 56.2. The second-order valence-corrected chi connectivity index (χ2v) is 31.2. The highest BCUT2D eigenvalue weighted by Gasteiger charge is 2.23. The van der Waals surface area contributed by atoms with Crippen LogP contribution in [0, 0.1) is 13.8 Å². The molecule has 30 nitrogen and oxygen atoms in total. The van der Waals surface area contributed by atoms with E-state index in [0.29, 0.717) is 47.9 Å². The molecule has 0 radical (unpaired) electrons. The summed E-state index contributed by atoms with van der Waals surface area (Å²) in [5.41, 5.74) is 32.0. The van der Waals surface area contributed by atoms with Gasteiger partial charge in [0.15, 0.2) is 22.9 Å². The van der Waals surface area contributed by atoms with E-state index in [1.54, 1.807) is 62.0 Å². The van der Waals surface area contributed by atoms with Crippen molar-refractivity contribution in [2.45, 2.75) is 47.0 Å². The number of aromatic amines is 8. The number of H-pyrrole nitrogens is 8. The largest absolute Gasteiger partial charge is 0.345 e. The average Bonchev–Trinajstić information content (AvgIpc) is 1.63. The molecule has 4 aromatic carbocycles. The minimum absolute atomic E-state index is 0.0646. The molecule has 24 aromatic rings. The average molecular weight is 1710 g/mol. The Morgan fingerprint density at radius 1 is 0.366 bits per heavy atom. The highest BCUT2D eigenvalue weighted by Crippen LogP contribution is 2.40. The fourth-order valence-electron chi connectivity index (χ4n) is 16.1. The lowest BCUT2D eigenvalue weighted by molar-refractivity contribution is -0.118. The maximum atomic E-state index is 11.8. The van der Waals surface area contributed by atoms with Gasteiger partial charge in [0, 0.05) is 242 Å². The van der Waals surface area contributed by atoms with E-state index in [0.717, 1.165) is 212 Å². The number of Topliss-reactive ketones (excluding diaryl/α,β-unsaturated/α-hetero) is 1. The lowest BCUT2D eigenvalue weighted by Gasteiger charge is -2.06. The van der Waals surface area contributed by atoms with Crippen LogP contribution in [0.15, 0.2) is 300 Å². The van der Waals surface area contributed by atoms with Crippen molar-refractivity contribution in [3.05, 3.63) is 317 Å². The molecule has 0 atom stereocenters. The molecule has 24 rings (SSSR count). The smallest absolute Gasteiger partial charge is 0.224 e. The molecule has 0 saturated heterocycles. The molecule has 1 amide bonds. The van der Waals surface area contributed by atoms with Gasteiger partial charge < -0.3 is 39.8 Å². The molecule has 30 heteroatoms. The van der Waals surface area contributed by atoms with Gasteiger partial charge in [-0.3, -0.25) is 54.7 Å². The number of nitrogens with zero attached hydrogens (tertiary/aromatic N) is 19. The number of aromatic nitrogens is 27. The molecule has 0 aliphatic rings. The third-order valence-corrected chi connectivity index (χ3v) is 22.8. The van der Waals surface area contributed by atoms with Crippen molar-refractivity contribution < 1.29 is 9.59 Å². The molecule has 131 heavy (non-hydrogen) atoms. The van der Waals surface area contributed by atoms with Crippen molar-refractivity contribution in [1.82, 2.24) is 135 Å². The number of imidazole rings is 5. The quantitative estimate of drug-likeness (QED) is 0.0409. The third kappa shape index (κ3) is 16.0. The van der Waals surface area contributed by atoms with Crippen molar-refractivity contribution in [3.63, 3.8) is 0 Å². The Labute approximate surface area is 744 Å². The molecule has 0 unspecified atom stereocenters. The van der Waals surface area contributed by atoms with Gasteiger partial charge >= 0.3 is 0 Å². The fourth-order valence-corrected chi connectivity index (χ4v) is 16.1. The van der Waals surface area contributed by atoms with Gasteiger partial charge in [0.2, 0.25) is 5.91 Å². The SMILES string of the molecule is CCC(=O)Cc1ccc(-c2cnc3n[nH]c(-c4nc5c(-c6cccnc6)cccc5[nH]4)c3c2)cn1.CCC(=O)Nc1cncc(-c2cnc3n[nH]c(-c4nc5c(-c6cccnc6)cccc5[nH]4)c3c2)c1.Cc1cn(-c2cccc3[nH]c(-c4c[nH]c5ncc(-c6cnccc6C)cc45)nc23)cn1.c1cncc(-c2cnc3[nH]cc(-c4nc5c(-c6cccnc6)cccc5[nH]4)c3c2)c1. The molecule has 9 N–H and O–H groups in total. The number of carbonyl (C=O) groups excluding carboxylic acids is 2. The van der Waals surface area contributed by atoms with Crippen LogP contribution in [0.25, 0.3) is 218 Å². The fraction of sp³-hybridized carbons (Fsp3) is 0.0693. The van der Waals surface area contributed by atoms with E-state index < -0.39 is 0 Å². The summed E-state index contributed by atoms with van der Waals surface area (Å²) in [7, 11) is 0. The topological polar surface area (TPSA) is 409 Å². The number of carbonyl (C=O) groups is 2. The third-order valence-electron chi connectivity index (χ3n) is 22.8. The maximum absolute atomic E-state index is 11.8. The minimum atomic E-state index is -0.0646. The molecule has 0 bridgehead atoms. The van der Waals surface area contributed by atoms with Gasteiger partial charge in [-0.15, -0.1) is 0 Å². The minimum Gasteiger partial charge on any atom is -0.345 e. The Morgan fingerprint density at radius 2 is 0.824 bits per heavy atom. The zero-order chi connectivity index (χ0) is 88.4. The highest BCUT2D eigenvalue weighted by atomic mass is 16.1. The Kier molecular flexibility index (Phi) is 21.2. The standard InChI is InChI=1S/C27H21N7O.C26H20N8O.C24H19N7.C24H16N6/c1-2-20(35)12-19-9-8-16(14-29-19)18-11-22-25(33-34-26(22)30-15-18)27-31-23-7-3-6-21(24(23)32-27)17-5-4-10-28-13-17;1-2-22(35)30-18-9-16(12-28-14-18)17-10-20-24(33-34-25(20)29-13-17)26-31-21-7-3-6-19(23(21)32-26)15-5-4-8-27-11-15;1-14-6-7-25-10-18(14)16-8-17-19(11-27-23(17)26-9-16)24-29-20-4-3-5-21(22(20)30-24)31-12-15(2)28-13-31;1-6-18(16-5-3-9-26-12-16)22-21(7-1)29-24(30-22)20-14-28-23-19(20)10-17(13-27-23)15-4-2-8-25-11-15/h3-11,13-15H,2,12H2,1H3,(H,31,32)(H,30,33,34);3-14H,2H2,1H3,(H,30,35)(H,31,32)(H,29,33,34);3-13H,1-2H3,(H,26,27)(H,29,30);1-14H,(H,27,28)(H,29,30). The van der Waals surface area contributed by atoms with E-state index in [1.165, 1.54) is 0 Å². The van der Waals surface area contributed by atoms with Crippen LogP contribution in [0.4, 0.5) is 5.69 Å². The normalized spacial score (nSPS) is 11.4. The number of nitrogens with one attached hydrogen (secondary N) is 9.